The van der Waals surface area contributed by atoms with E-state index in [1.54, 1.807) is 18.2 Å². The normalized spacial score (nSPS) is 11.4. The van der Waals surface area contributed by atoms with Crippen LogP contribution in [0.2, 0.25) is 5.02 Å². The fourth-order valence-electron chi connectivity index (χ4n) is 2.86. The Morgan fingerprint density at radius 3 is 2.68 bits per heavy atom. The molecule has 0 unspecified atom stereocenters. The molecule has 0 saturated heterocycles. The van der Waals surface area contributed by atoms with E-state index in [0.717, 1.165) is 11.5 Å². The third-order valence-corrected chi connectivity index (χ3v) is 5.27. The van der Waals surface area contributed by atoms with Crippen molar-refractivity contribution in [1.29, 1.82) is 0 Å². The van der Waals surface area contributed by atoms with Crippen molar-refractivity contribution in [1.82, 2.24) is 24.7 Å². The van der Waals surface area contributed by atoms with Crippen molar-refractivity contribution < 1.29 is 0 Å². The van der Waals surface area contributed by atoms with Crippen molar-refractivity contribution in [2.24, 2.45) is 0 Å². The van der Waals surface area contributed by atoms with E-state index in [-0.39, 0.29) is 11.5 Å². The standard InChI is InChI=1S/C20H18ClN5OS/c1-12(2)18-24-20(25-26(18)14-6-4-3-5-7-14)28-11-17-22-16-9-8-13(21)10-15(16)19(27)23-17/h3-10,12H,11H2,1-2H3,(H,22,23,27). The number of thioether (sulfide) groups is 1. The van der Waals surface area contributed by atoms with Gasteiger partial charge in [0.1, 0.15) is 11.6 Å². The van der Waals surface area contributed by atoms with Crippen LogP contribution in [0.25, 0.3) is 16.6 Å². The lowest BCUT2D eigenvalue weighted by Crippen LogP contribution is -2.11. The summed E-state index contributed by atoms with van der Waals surface area (Å²) in [5.41, 5.74) is 1.39. The summed E-state index contributed by atoms with van der Waals surface area (Å²) in [6, 6.07) is 15.0. The summed E-state index contributed by atoms with van der Waals surface area (Å²) < 4.78 is 1.87. The summed E-state index contributed by atoms with van der Waals surface area (Å²) >= 11 is 7.40. The summed E-state index contributed by atoms with van der Waals surface area (Å²) in [4.78, 5) is 24.3. The zero-order chi connectivity index (χ0) is 19.7. The van der Waals surface area contributed by atoms with Crippen LogP contribution in [0.1, 0.15) is 31.4 Å². The van der Waals surface area contributed by atoms with E-state index in [2.05, 4.69) is 33.9 Å². The molecule has 0 spiro atoms. The fourth-order valence-corrected chi connectivity index (χ4v) is 3.73. The van der Waals surface area contributed by atoms with Crippen molar-refractivity contribution in [3.8, 4) is 5.69 Å². The van der Waals surface area contributed by atoms with Crippen molar-refractivity contribution in [3.05, 3.63) is 75.6 Å². The average molecular weight is 412 g/mol. The average Bonchev–Trinajstić information content (AvgIpc) is 3.12. The predicted molar refractivity (Wildman–Crippen MR) is 112 cm³/mol. The van der Waals surface area contributed by atoms with Gasteiger partial charge in [-0.1, -0.05) is 55.4 Å². The first-order chi connectivity index (χ1) is 13.5. The molecule has 0 aliphatic carbocycles. The van der Waals surface area contributed by atoms with Gasteiger partial charge in [0.2, 0.25) is 5.16 Å². The number of nitrogens with zero attached hydrogens (tertiary/aromatic N) is 4. The van der Waals surface area contributed by atoms with E-state index in [4.69, 9.17) is 11.6 Å². The van der Waals surface area contributed by atoms with Gasteiger partial charge in [-0.2, -0.15) is 0 Å². The van der Waals surface area contributed by atoms with Gasteiger partial charge in [-0.3, -0.25) is 4.79 Å². The molecule has 0 radical (unpaired) electrons. The van der Waals surface area contributed by atoms with Gasteiger partial charge in [-0.15, -0.1) is 5.10 Å². The molecule has 0 bridgehead atoms. The zero-order valence-electron chi connectivity index (χ0n) is 15.4. The molecule has 0 saturated carbocycles. The first-order valence-corrected chi connectivity index (χ1v) is 10.2. The SMILES string of the molecule is CC(C)c1nc(SCc2nc3ccc(Cl)cc3c(=O)[nH]2)nn1-c1ccccc1. The minimum Gasteiger partial charge on any atom is -0.309 e. The fraction of sp³-hybridized carbons (Fsp3) is 0.200. The summed E-state index contributed by atoms with van der Waals surface area (Å²) in [7, 11) is 0. The molecular weight excluding hydrogens is 394 g/mol. The Kier molecular flexibility index (Phi) is 5.19. The molecule has 6 nitrogen and oxygen atoms in total. The second-order valence-electron chi connectivity index (χ2n) is 6.62. The number of fused-ring (bicyclic) bond motifs is 1. The van der Waals surface area contributed by atoms with Crippen LogP contribution in [0.4, 0.5) is 0 Å². The summed E-state index contributed by atoms with van der Waals surface area (Å²) in [5, 5.41) is 6.28. The number of aromatic amines is 1. The monoisotopic (exact) mass is 411 g/mol. The van der Waals surface area contributed by atoms with Crippen LogP contribution in [-0.4, -0.2) is 24.7 Å². The lowest BCUT2D eigenvalue weighted by atomic mass is 10.2. The number of nitrogens with one attached hydrogen (secondary N) is 1. The van der Waals surface area contributed by atoms with E-state index >= 15 is 0 Å². The van der Waals surface area contributed by atoms with Crippen molar-refractivity contribution in [3.63, 3.8) is 0 Å². The highest BCUT2D eigenvalue weighted by Gasteiger charge is 2.15. The molecule has 0 atom stereocenters. The largest absolute Gasteiger partial charge is 0.309 e. The van der Waals surface area contributed by atoms with Gasteiger partial charge >= 0.3 is 0 Å². The maximum atomic E-state index is 12.3. The summed E-state index contributed by atoms with van der Waals surface area (Å²) in [6.07, 6.45) is 0. The Bertz CT molecular complexity index is 1190. The number of hydrogen-bond acceptors (Lipinski definition) is 5. The molecule has 0 amide bonds. The molecule has 0 fully saturated rings. The second kappa shape index (κ2) is 7.77. The molecule has 2 heterocycles. The Morgan fingerprint density at radius 2 is 1.93 bits per heavy atom. The van der Waals surface area contributed by atoms with E-state index < -0.39 is 0 Å². The molecule has 2 aromatic carbocycles. The molecule has 28 heavy (non-hydrogen) atoms. The lowest BCUT2D eigenvalue weighted by molar-refractivity contribution is 0.712. The molecule has 142 valence electrons. The van der Waals surface area contributed by atoms with Crippen molar-refractivity contribution in [2.75, 3.05) is 0 Å². The third kappa shape index (κ3) is 3.81. The Balaban J connectivity index is 1.61. The zero-order valence-corrected chi connectivity index (χ0v) is 17.0. The van der Waals surface area contributed by atoms with Crippen LogP contribution in [-0.2, 0) is 5.75 Å². The number of benzene rings is 2. The summed E-state index contributed by atoms with van der Waals surface area (Å²) in [6.45, 7) is 4.18. The van der Waals surface area contributed by atoms with E-state index in [1.807, 2.05) is 35.0 Å². The van der Waals surface area contributed by atoms with Gasteiger partial charge in [0.25, 0.3) is 5.56 Å². The van der Waals surface area contributed by atoms with Crippen LogP contribution in [0.5, 0.6) is 0 Å². The molecule has 8 heteroatoms. The van der Waals surface area contributed by atoms with Gasteiger partial charge in [0, 0.05) is 10.9 Å². The molecule has 1 N–H and O–H groups in total. The summed E-state index contributed by atoms with van der Waals surface area (Å²) in [5.74, 6) is 2.16. The predicted octanol–water partition coefficient (Wildman–Crippen LogP) is 4.57. The Hall–Kier alpha value is -2.64. The molecule has 0 aliphatic rings. The van der Waals surface area contributed by atoms with Crippen molar-refractivity contribution >= 4 is 34.3 Å². The number of rotatable bonds is 5. The maximum Gasteiger partial charge on any atom is 0.258 e. The Morgan fingerprint density at radius 1 is 1.14 bits per heavy atom. The molecule has 4 aromatic rings. The van der Waals surface area contributed by atoms with E-state index in [1.165, 1.54) is 11.8 Å². The van der Waals surface area contributed by atoms with Crippen LogP contribution >= 0.6 is 23.4 Å². The smallest absolute Gasteiger partial charge is 0.258 e. The first kappa shape index (κ1) is 18.7. The van der Waals surface area contributed by atoms with Crippen LogP contribution in [0.15, 0.2) is 58.5 Å². The highest BCUT2D eigenvalue weighted by Crippen LogP contribution is 2.24. The number of H-pyrrole nitrogens is 1. The maximum absolute atomic E-state index is 12.3. The third-order valence-electron chi connectivity index (χ3n) is 4.18. The molecule has 0 aliphatic heterocycles. The van der Waals surface area contributed by atoms with Gasteiger partial charge in [0.05, 0.1) is 22.3 Å². The minimum absolute atomic E-state index is 0.200. The molecule has 4 rings (SSSR count). The second-order valence-corrected chi connectivity index (χ2v) is 8.00. The number of hydrogen-bond donors (Lipinski definition) is 1. The minimum atomic E-state index is -0.200. The van der Waals surface area contributed by atoms with Gasteiger partial charge in [0.15, 0.2) is 0 Å². The highest BCUT2D eigenvalue weighted by molar-refractivity contribution is 7.98. The van der Waals surface area contributed by atoms with E-state index in [9.17, 15) is 4.79 Å². The molecular formula is C20H18ClN5OS. The van der Waals surface area contributed by atoms with E-state index in [0.29, 0.717) is 32.7 Å². The Labute approximate surface area is 171 Å². The van der Waals surface area contributed by atoms with Gasteiger partial charge < -0.3 is 4.98 Å². The topological polar surface area (TPSA) is 76.5 Å². The lowest BCUT2D eigenvalue weighted by Gasteiger charge is -2.07. The number of halogens is 1. The van der Waals surface area contributed by atoms with Gasteiger partial charge in [-0.05, 0) is 30.3 Å². The van der Waals surface area contributed by atoms with Crippen molar-refractivity contribution in [2.45, 2.75) is 30.7 Å². The first-order valence-electron chi connectivity index (χ1n) is 8.85. The molecule has 2 aromatic heterocycles. The van der Waals surface area contributed by atoms with Crippen LogP contribution < -0.4 is 5.56 Å². The number of aromatic nitrogens is 5. The van der Waals surface area contributed by atoms with Crippen LogP contribution in [0.3, 0.4) is 0 Å². The quantitative estimate of drug-likeness (QED) is 0.486. The highest BCUT2D eigenvalue weighted by atomic mass is 35.5. The van der Waals surface area contributed by atoms with Crippen LogP contribution in [0, 0.1) is 0 Å². The number of para-hydroxylation sites is 1. The van der Waals surface area contributed by atoms with Gasteiger partial charge in [-0.25, -0.2) is 14.6 Å².